The maximum absolute atomic E-state index is 12.4. The van der Waals surface area contributed by atoms with E-state index in [0.29, 0.717) is 22.4 Å². The number of anilines is 1. The highest BCUT2D eigenvalue weighted by Gasteiger charge is 2.31. The molecule has 0 amide bonds. The Hall–Kier alpha value is -3.05. The number of benzene rings is 2. The maximum Gasteiger partial charge on any atom is 0.573 e. The first kappa shape index (κ1) is 19.7. The Balaban J connectivity index is 2.14. The highest BCUT2D eigenvalue weighted by Crippen LogP contribution is 2.37. The number of nitrogens with zero attached hydrogens (tertiary/aromatic N) is 2. The van der Waals surface area contributed by atoms with Crippen molar-refractivity contribution in [3.8, 4) is 34.2 Å². The van der Waals surface area contributed by atoms with Crippen LogP contribution < -0.4 is 10.5 Å². The fourth-order valence-corrected chi connectivity index (χ4v) is 3.14. The molecule has 1 aromatic heterocycles. The van der Waals surface area contributed by atoms with E-state index in [2.05, 4.69) is 25.7 Å². The molecule has 142 valence electrons. The van der Waals surface area contributed by atoms with Gasteiger partial charge in [0, 0.05) is 15.6 Å². The Morgan fingerprint density at radius 1 is 1.04 bits per heavy atom. The smallest absolute Gasteiger partial charge is 0.406 e. The summed E-state index contributed by atoms with van der Waals surface area (Å²) < 4.78 is 41.9. The average molecular weight is 448 g/mol. The second kappa shape index (κ2) is 7.52. The second-order valence-electron chi connectivity index (χ2n) is 5.91. The zero-order valence-corrected chi connectivity index (χ0v) is 16.1. The van der Waals surface area contributed by atoms with Crippen LogP contribution in [0.25, 0.3) is 22.4 Å². The van der Waals surface area contributed by atoms with E-state index in [4.69, 9.17) is 5.73 Å². The summed E-state index contributed by atoms with van der Waals surface area (Å²) in [6, 6.07) is 14.8. The van der Waals surface area contributed by atoms with Crippen molar-refractivity contribution in [2.45, 2.75) is 13.3 Å². The number of pyridine rings is 1. The molecule has 3 rings (SSSR count). The van der Waals surface area contributed by atoms with Crippen molar-refractivity contribution in [2.24, 2.45) is 0 Å². The SMILES string of the molecule is Cc1c(-c2ccc(Br)cc2)nc(N)c(C#N)c1-c1ccc(OC(F)(F)F)cc1. The van der Waals surface area contributed by atoms with Crippen molar-refractivity contribution >= 4 is 21.7 Å². The molecule has 8 heteroatoms. The summed E-state index contributed by atoms with van der Waals surface area (Å²) in [6.07, 6.45) is -4.77. The monoisotopic (exact) mass is 447 g/mol. The number of hydrogen-bond acceptors (Lipinski definition) is 4. The van der Waals surface area contributed by atoms with Gasteiger partial charge < -0.3 is 10.5 Å². The van der Waals surface area contributed by atoms with Crippen LogP contribution in [0, 0.1) is 18.3 Å². The standard InChI is InChI=1S/C20H13BrF3N3O/c1-11-17(12-4-8-15(9-5-12)28-20(22,23)24)16(10-25)19(26)27-18(11)13-2-6-14(21)7-3-13/h2-9H,1H3,(H2,26,27). The van der Waals surface area contributed by atoms with Crippen LogP contribution in [0.2, 0.25) is 0 Å². The highest BCUT2D eigenvalue weighted by molar-refractivity contribution is 9.10. The lowest BCUT2D eigenvalue weighted by atomic mass is 9.93. The van der Waals surface area contributed by atoms with Crippen molar-refractivity contribution in [2.75, 3.05) is 5.73 Å². The normalized spacial score (nSPS) is 11.1. The van der Waals surface area contributed by atoms with Gasteiger partial charge in [-0.15, -0.1) is 13.2 Å². The number of hydrogen-bond donors (Lipinski definition) is 1. The van der Waals surface area contributed by atoms with Crippen LogP contribution in [0.15, 0.2) is 53.0 Å². The number of nitriles is 1. The lowest BCUT2D eigenvalue weighted by Gasteiger charge is -2.16. The van der Waals surface area contributed by atoms with Gasteiger partial charge in [0.15, 0.2) is 0 Å². The summed E-state index contributed by atoms with van der Waals surface area (Å²) in [5.41, 5.74) is 9.32. The molecule has 0 spiro atoms. The lowest BCUT2D eigenvalue weighted by Crippen LogP contribution is -2.16. The largest absolute Gasteiger partial charge is 0.573 e. The van der Waals surface area contributed by atoms with Crippen molar-refractivity contribution in [1.82, 2.24) is 4.98 Å². The van der Waals surface area contributed by atoms with E-state index in [1.54, 1.807) is 6.92 Å². The molecule has 0 saturated carbocycles. The van der Waals surface area contributed by atoms with Gasteiger partial charge >= 0.3 is 6.36 Å². The molecule has 3 aromatic rings. The molecule has 4 nitrogen and oxygen atoms in total. The summed E-state index contributed by atoms with van der Waals surface area (Å²) >= 11 is 3.37. The van der Waals surface area contributed by atoms with Crippen LogP contribution in [-0.4, -0.2) is 11.3 Å². The van der Waals surface area contributed by atoms with Gasteiger partial charge in [0.25, 0.3) is 0 Å². The van der Waals surface area contributed by atoms with Crippen molar-refractivity contribution in [3.05, 3.63) is 64.1 Å². The van der Waals surface area contributed by atoms with E-state index in [1.165, 1.54) is 24.3 Å². The van der Waals surface area contributed by atoms with E-state index in [0.717, 1.165) is 10.0 Å². The van der Waals surface area contributed by atoms with Crippen LogP contribution >= 0.6 is 15.9 Å². The van der Waals surface area contributed by atoms with E-state index in [9.17, 15) is 18.4 Å². The summed E-state index contributed by atoms with van der Waals surface area (Å²) in [6.45, 7) is 1.79. The Kier molecular flexibility index (Phi) is 5.29. The lowest BCUT2D eigenvalue weighted by molar-refractivity contribution is -0.274. The Morgan fingerprint density at radius 2 is 1.61 bits per heavy atom. The van der Waals surface area contributed by atoms with Gasteiger partial charge in [-0.2, -0.15) is 5.26 Å². The van der Waals surface area contributed by atoms with Crippen LogP contribution in [-0.2, 0) is 0 Å². The van der Waals surface area contributed by atoms with E-state index in [-0.39, 0.29) is 17.1 Å². The molecule has 0 aliphatic heterocycles. The molecule has 0 fully saturated rings. The number of aromatic nitrogens is 1. The van der Waals surface area contributed by atoms with Gasteiger partial charge in [-0.25, -0.2) is 4.98 Å². The third kappa shape index (κ3) is 4.10. The molecule has 0 saturated heterocycles. The van der Waals surface area contributed by atoms with Crippen molar-refractivity contribution in [3.63, 3.8) is 0 Å². The number of nitrogen functional groups attached to an aromatic ring is 1. The van der Waals surface area contributed by atoms with Gasteiger partial charge in [0.2, 0.25) is 0 Å². The van der Waals surface area contributed by atoms with Gasteiger partial charge in [-0.1, -0.05) is 40.2 Å². The zero-order chi connectivity index (χ0) is 20.5. The molecular weight excluding hydrogens is 435 g/mol. The first-order valence-electron chi connectivity index (χ1n) is 8.02. The fourth-order valence-electron chi connectivity index (χ4n) is 2.88. The third-order valence-electron chi connectivity index (χ3n) is 4.07. The third-order valence-corrected chi connectivity index (χ3v) is 4.60. The Bertz CT molecular complexity index is 1060. The van der Waals surface area contributed by atoms with Crippen LogP contribution in [0.1, 0.15) is 11.1 Å². The van der Waals surface area contributed by atoms with Crippen molar-refractivity contribution < 1.29 is 17.9 Å². The van der Waals surface area contributed by atoms with Crippen LogP contribution in [0.4, 0.5) is 19.0 Å². The molecule has 28 heavy (non-hydrogen) atoms. The summed E-state index contributed by atoms with van der Waals surface area (Å²) in [5, 5.41) is 9.54. The number of halogens is 4. The Morgan fingerprint density at radius 3 is 2.14 bits per heavy atom. The first-order chi connectivity index (χ1) is 13.2. The quantitative estimate of drug-likeness (QED) is 0.547. The average Bonchev–Trinajstić information content (AvgIpc) is 2.63. The molecule has 0 aliphatic carbocycles. The molecule has 0 aliphatic rings. The predicted molar refractivity (Wildman–Crippen MR) is 103 cm³/mol. The number of alkyl halides is 3. The zero-order valence-electron chi connectivity index (χ0n) is 14.5. The molecule has 0 bridgehead atoms. The van der Waals surface area contributed by atoms with Gasteiger partial charge in [0.05, 0.1) is 5.69 Å². The van der Waals surface area contributed by atoms with Gasteiger partial charge in [0.1, 0.15) is 23.2 Å². The molecule has 0 unspecified atom stereocenters. The summed E-state index contributed by atoms with van der Waals surface area (Å²) in [5.74, 6) is -0.292. The minimum Gasteiger partial charge on any atom is -0.406 e. The molecule has 2 N–H and O–H groups in total. The van der Waals surface area contributed by atoms with E-state index >= 15 is 0 Å². The molecular formula is C20H13BrF3N3O. The van der Waals surface area contributed by atoms with E-state index < -0.39 is 6.36 Å². The summed E-state index contributed by atoms with van der Waals surface area (Å²) in [4.78, 5) is 4.36. The first-order valence-corrected chi connectivity index (χ1v) is 8.81. The Labute approximate surface area is 167 Å². The predicted octanol–water partition coefficient (Wildman–Crippen LogP) is 5.84. The number of rotatable bonds is 3. The topological polar surface area (TPSA) is 71.9 Å². The maximum atomic E-state index is 12.4. The molecule has 0 radical (unpaired) electrons. The molecule has 0 atom stereocenters. The van der Waals surface area contributed by atoms with Gasteiger partial charge in [-0.05, 0) is 42.3 Å². The minimum atomic E-state index is -4.77. The molecule has 2 aromatic carbocycles. The van der Waals surface area contributed by atoms with Crippen molar-refractivity contribution in [1.29, 1.82) is 5.26 Å². The summed E-state index contributed by atoms with van der Waals surface area (Å²) in [7, 11) is 0. The number of nitrogens with two attached hydrogens (primary N) is 1. The second-order valence-corrected chi connectivity index (χ2v) is 6.83. The van der Waals surface area contributed by atoms with Gasteiger partial charge in [-0.3, -0.25) is 0 Å². The minimum absolute atomic E-state index is 0.0524. The van der Waals surface area contributed by atoms with E-state index in [1.807, 2.05) is 30.3 Å². The van der Waals surface area contributed by atoms with Crippen LogP contribution in [0.5, 0.6) is 5.75 Å². The highest BCUT2D eigenvalue weighted by atomic mass is 79.9. The number of ether oxygens (including phenoxy) is 1. The molecule has 1 heterocycles. The fraction of sp³-hybridized carbons (Fsp3) is 0.100. The van der Waals surface area contributed by atoms with Crippen LogP contribution in [0.3, 0.4) is 0 Å².